The van der Waals surface area contributed by atoms with E-state index in [2.05, 4.69) is 28.8 Å². The molecule has 0 aromatic heterocycles. The van der Waals surface area contributed by atoms with Gasteiger partial charge in [-0.15, -0.1) is 0 Å². The molecule has 0 radical (unpaired) electrons. The number of thiocarbonyl (C=S) groups is 1. The van der Waals surface area contributed by atoms with Gasteiger partial charge in [0.1, 0.15) is 5.75 Å². The Morgan fingerprint density at radius 1 is 1.00 bits per heavy atom. The average Bonchev–Trinajstić information content (AvgIpc) is 2.68. The van der Waals surface area contributed by atoms with Crippen molar-refractivity contribution >= 4 is 38.7 Å². The van der Waals surface area contributed by atoms with Crippen molar-refractivity contribution in [2.24, 2.45) is 0 Å². The minimum absolute atomic E-state index is 0.185. The van der Waals surface area contributed by atoms with Crippen LogP contribution in [0.2, 0.25) is 0 Å². The van der Waals surface area contributed by atoms with Gasteiger partial charge in [-0.25, -0.2) is 8.42 Å². The molecule has 2 N–H and O–H groups in total. The highest BCUT2D eigenvalue weighted by Crippen LogP contribution is 2.25. The molecule has 1 saturated heterocycles. The predicted octanol–water partition coefficient (Wildman–Crippen LogP) is 4.46. The number of methoxy groups -OCH3 is 1. The Labute approximate surface area is 178 Å². The summed E-state index contributed by atoms with van der Waals surface area (Å²) in [5.41, 5.74) is 1.24. The van der Waals surface area contributed by atoms with Crippen molar-refractivity contribution in [3.05, 3.63) is 48.5 Å². The molecule has 0 spiro atoms. The zero-order valence-corrected chi connectivity index (χ0v) is 18.5. The van der Waals surface area contributed by atoms with Crippen molar-refractivity contribution in [2.45, 2.75) is 50.1 Å². The molecule has 1 fully saturated rings. The highest BCUT2D eigenvalue weighted by molar-refractivity contribution is 7.92. The topological polar surface area (TPSA) is 70.7 Å². The number of nitrogens with one attached hydrogen (secondary N) is 2. The summed E-state index contributed by atoms with van der Waals surface area (Å²) in [6.45, 7) is 4.37. The normalized spacial score (nSPS) is 19.5. The number of hydrogen-bond donors (Lipinski definition) is 2. The van der Waals surface area contributed by atoms with Gasteiger partial charge in [0.25, 0.3) is 10.0 Å². The molecule has 0 bridgehead atoms. The van der Waals surface area contributed by atoms with E-state index in [4.69, 9.17) is 17.0 Å². The Bertz CT molecular complexity index is 934. The minimum Gasteiger partial charge on any atom is -0.497 e. The van der Waals surface area contributed by atoms with Crippen LogP contribution in [0.25, 0.3) is 0 Å². The van der Waals surface area contributed by atoms with E-state index >= 15 is 0 Å². The molecule has 0 amide bonds. The molecule has 1 aliphatic heterocycles. The van der Waals surface area contributed by atoms with Crippen molar-refractivity contribution in [1.29, 1.82) is 0 Å². The first kappa shape index (κ1) is 21.4. The quantitative estimate of drug-likeness (QED) is 0.679. The molecule has 156 valence electrons. The Kier molecular flexibility index (Phi) is 6.64. The van der Waals surface area contributed by atoms with Crippen molar-refractivity contribution in [3.8, 4) is 5.75 Å². The molecular weight excluding hydrogens is 406 g/mol. The van der Waals surface area contributed by atoms with Crippen LogP contribution in [0.3, 0.4) is 0 Å². The number of sulfonamides is 1. The van der Waals surface area contributed by atoms with Gasteiger partial charge < -0.3 is 15.0 Å². The van der Waals surface area contributed by atoms with Gasteiger partial charge in [0.15, 0.2) is 5.11 Å². The molecule has 0 aliphatic carbocycles. The highest BCUT2D eigenvalue weighted by Gasteiger charge is 2.26. The third-order valence-electron chi connectivity index (χ3n) is 5.19. The van der Waals surface area contributed by atoms with E-state index in [0.29, 0.717) is 28.6 Å². The van der Waals surface area contributed by atoms with Crippen LogP contribution in [-0.2, 0) is 10.0 Å². The Morgan fingerprint density at radius 3 is 2.10 bits per heavy atom. The third-order valence-corrected chi connectivity index (χ3v) is 6.90. The number of nitrogens with zero attached hydrogens (tertiary/aromatic N) is 1. The van der Waals surface area contributed by atoms with Crippen molar-refractivity contribution < 1.29 is 13.2 Å². The smallest absolute Gasteiger partial charge is 0.261 e. The number of piperidine rings is 1. The summed E-state index contributed by atoms with van der Waals surface area (Å²) < 4.78 is 32.9. The number of likely N-dealkylation sites (tertiary alicyclic amines) is 1. The Hall–Kier alpha value is -2.32. The van der Waals surface area contributed by atoms with Gasteiger partial charge >= 0.3 is 0 Å². The predicted molar refractivity (Wildman–Crippen MR) is 121 cm³/mol. The van der Waals surface area contributed by atoms with E-state index < -0.39 is 10.0 Å². The van der Waals surface area contributed by atoms with E-state index in [1.807, 2.05) is 0 Å². The fourth-order valence-electron chi connectivity index (χ4n) is 3.60. The second-order valence-electron chi connectivity index (χ2n) is 7.32. The summed E-state index contributed by atoms with van der Waals surface area (Å²) in [7, 11) is -2.12. The third kappa shape index (κ3) is 5.19. The lowest BCUT2D eigenvalue weighted by Crippen LogP contribution is -2.49. The van der Waals surface area contributed by atoms with Gasteiger partial charge in [0.2, 0.25) is 0 Å². The van der Waals surface area contributed by atoms with Crippen LogP contribution in [0.4, 0.5) is 11.4 Å². The Morgan fingerprint density at radius 2 is 1.55 bits per heavy atom. The second-order valence-corrected chi connectivity index (χ2v) is 9.39. The summed E-state index contributed by atoms with van der Waals surface area (Å²) >= 11 is 5.60. The zero-order valence-electron chi connectivity index (χ0n) is 16.9. The van der Waals surface area contributed by atoms with Crippen LogP contribution in [0, 0.1) is 0 Å². The van der Waals surface area contributed by atoms with Crippen LogP contribution in [0.1, 0.15) is 33.1 Å². The van der Waals surface area contributed by atoms with Crippen LogP contribution in [0.15, 0.2) is 53.4 Å². The van der Waals surface area contributed by atoms with Gasteiger partial charge in [-0.3, -0.25) is 4.72 Å². The summed E-state index contributed by atoms with van der Waals surface area (Å²) in [5, 5.41) is 3.92. The standard InChI is InChI=1S/C21H27N3O3S2/c1-15-5-4-6-16(2)24(15)21(28)22-17-9-13-20(14-10-17)29(25,26)23-18-7-11-19(27-3)12-8-18/h7-16,23H,4-6H2,1-3H3,(H,22,28). The number of ether oxygens (including phenoxy) is 1. The van der Waals surface area contributed by atoms with E-state index in [-0.39, 0.29) is 4.90 Å². The number of anilines is 2. The molecule has 2 aromatic carbocycles. The second kappa shape index (κ2) is 9.00. The number of benzene rings is 2. The summed E-state index contributed by atoms with van der Waals surface area (Å²) in [5.74, 6) is 0.664. The fourth-order valence-corrected chi connectivity index (χ4v) is 5.14. The van der Waals surface area contributed by atoms with E-state index in [0.717, 1.165) is 18.5 Å². The molecule has 2 aromatic rings. The van der Waals surface area contributed by atoms with Crippen LogP contribution < -0.4 is 14.8 Å². The molecule has 3 rings (SSSR count). The molecule has 0 saturated carbocycles. The maximum atomic E-state index is 12.6. The lowest BCUT2D eigenvalue weighted by Gasteiger charge is -2.40. The maximum Gasteiger partial charge on any atom is 0.261 e. The first-order valence-electron chi connectivity index (χ1n) is 9.66. The first-order chi connectivity index (χ1) is 13.8. The molecule has 29 heavy (non-hydrogen) atoms. The molecule has 2 unspecified atom stereocenters. The molecule has 1 aliphatic rings. The van der Waals surface area contributed by atoms with Gasteiger partial charge in [-0.05, 0) is 93.9 Å². The van der Waals surface area contributed by atoms with E-state index in [1.165, 1.54) is 6.42 Å². The molecular formula is C21H27N3O3S2. The van der Waals surface area contributed by atoms with Crippen LogP contribution in [-0.4, -0.2) is 37.6 Å². The molecule has 8 heteroatoms. The summed E-state index contributed by atoms with van der Waals surface area (Å²) in [4.78, 5) is 2.42. The minimum atomic E-state index is -3.68. The monoisotopic (exact) mass is 433 g/mol. The van der Waals surface area contributed by atoms with Crippen LogP contribution >= 0.6 is 12.2 Å². The van der Waals surface area contributed by atoms with Gasteiger partial charge in [0, 0.05) is 23.5 Å². The molecule has 6 nitrogen and oxygen atoms in total. The van der Waals surface area contributed by atoms with Crippen molar-refractivity contribution in [3.63, 3.8) is 0 Å². The lowest BCUT2D eigenvalue weighted by atomic mass is 9.98. The molecule has 2 atom stereocenters. The lowest BCUT2D eigenvalue weighted by molar-refractivity contribution is 0.194. The van der Waals surface area contributed by atoms with Crippen molar-refractivity contribution in [2.75, 3.05) is 17.1 Å². The SMILES string of the molecule is COc1ccc(NS(=O)(=O)c2ccc(NC(=S)N3C(C)CCCC3C)cc2)cc1. The van der Waals surface area contributed by atoms with Gasteiger partial charge in [0.05, 0.1) is 12.0 Å². The highest BCUT2D eigenvalue weighted by atomic mass is 32.2. The fraction of sp³-hybridized carbons (Fsp3) is 0.381. The van der Waals surface area contributed by atoms with Crippen molar-refractivity contribution in [1.82, 2.24) is 4.90 Å². The first-order valence-corrected chi connectivity index (χ1v) is 11.6. The zero-order chi connectivity index (χ0) is 21.0. The van der Waals surface area contributed by atoms with E-state index in [1.54, 1.807) is 55.6 Å². The summed E-state index contributed by atoms with van der Waals surface area (Å²) in [6.07, 6.45) is 3.47. The maximum absolute atomic E-state index is 12.6. The largest absolute Gasteiger partial charge is 0.497 e. The average molecular weight is 434 g/mol. The Balaban J connectivity index is 1.67. The van der Waals surface area contributed by atoms with Crippen LogP contribution in [0.5, 0.6) is 5.75 Å². The summed E-state index contributed by atoms with van der Waals surface area (Å²) in [6, 6.07) is 14.1. The van der Waals surface area contributed by atoms with Gasteiger partial charge in [-0.2, -0.15) is 0 Å². The molecule has 1 heterocycles. The number of rotatable bonds is 5. The van der Waals surface area contributed by atoms with Gasteiger partial charge in [-0.1, -0.05) is 0 Å². The van der Waals surface area contributed by atoms with E-state index in [9.17, 15) is 8.42 Å². The number of hydrogen-bond acceptors (Lipinski definition) is 4.